The molecule has 1 atom stereocenters. The van der Waals surface area contributed by atoms with E-state index in [9.17, 15) is 13.2 Å². The Morgan fingerprint density at radius 1 is 1.19 bits per heavy atom. The van der Waals surface area contributed by atoms with Crippen molar-refractivity contribution in [2.75, 3.05) is 6.54 Å². The molecule has 2 fully saturated rings. The van der Waals surface area contributed by atoms with E-state index in [2.05, 4.69) is 5.32 Å². The summed E-state index contributed by atoms with van der Waals surface area (Å²) in [6.45, 7) is 0.383. The quantitative estimate of drug-likeness (QED) is 0.916. The van der Waals surface area contributed by atoms with E-state index in [-0.39, 0.29) is 16.8 Å². The van der Waals surface area contributed by atoms with Crippen molar-refractivity contribution in [1.29, 1.82) is 0 Å². The van der Waals surface area contributed by atoms with E-state index in [1.54, 1.807) is 12.1 Å². The van der Waals surface area contributed by atoms with Crippen LogP contribution in [0.25, 0.3) is 0 Å². The molecule has 3 rings (SSSR count). The summed E-state index contributed by atoms with van der Waals surface area (Å²) in [6, 6.07) is 5.69. The molecule has 1 aliphatic heterocycles. The second-order valence-electron chi connectivity index (χ2n) is 5.51. The summed E-state index contributed by atoms with van der Waals surface area (Å²) in [5.41, 5.74) is 0. The molecule has 1 saturated heterocycles. The zero-order chi connectivity index (χ0) is 15.0. The number of hydrogen-bond donors (Lipinski definition) is 1. The molecule has 5 nitrogen and oxygen atoms in total. The fourth-order valence-corrected chi connectivity index (χ4v) is 4.34. The number of benzene rings is 1. The fourth-order valence-electron chi connectivity index (χ4n) is 2.56. The number of carbonyl (C=O) groups excluding carboxylic acids is 1. The number of sulfonamides is 1. The third kappa shape index (κ3) is 3.07. The standard InChI is InChI=1S/C14H17ClN2O3S/c15-10-3-7-12(8-4-10)21(19,20)17-9-1-2-13(17)14(18)16-11-5-6-11/h3-4,7-8,11,13H,1-2,5-6,9H2,(H,16,18)/t13-/m0/s1. The van der Waals surface area contributed by atoms with Crippen LogP contribution < -0.4 is 5.32 Å². The van der Waals surface area contributed by atoms with Gasteiger partial charge in [0.15, 0.2) is 0 Å². The Bertz CT molecular complexity index is 641. The summed E-state index contributed by atoms with van der Waals surface area (Å²) in [7, 11) is -3.65. The Morgan fingerprint density at radius 3 is 2.48 bits per heavy atom. The second kappa shape index (κ2) is 5.59. The smallest absolute Gasteiger partial charge is 0.243 e. The molecule has 0 unspecified atom stereocenters. The molecule has 7 heteroatoms. The largest absolute Gasteiger partial charge is 0.352 e. The molecule has 1 N–H and O–H groups in total. The maximum Gasteiger partial charge on any atom is 0.243 e. The highest BCUT2D eigenvalue weighted by molar-refractivity contribution is 7.89. The minimum atomic E-state index is -3.65. The zero-order valence-electron chi connectivity index (χ0n) is 11.5. The second-order valence-corrected chi connectivity index (χ2v) is 7.84. The van der Waals surface area contributed by atoms with Crippen LogP contribution in [0.1, 0.15) is 25.7 Å². The predicted octanol–water partition coefficient (Wildman–Crippen LogP) is 1.77. The lowest BCUT2D eigenvalue weighted by Gasteiger charge is -2.23. The van der Waals surface area contributed by atoms with Crippen LogP contribution >= 0.6 is 11.6 Å². The highest BCUT2D eigenvalue weighted by Crippen LogP contribution is 2.28. The first kappa shape index (κ1) is 14.8. The van der Waals surface area contributed by atoms with E-state index >= 15 is 0 Å². The van der Waals surface area contributed by atoms with E-state index in [0.29, 0.717) is 24.4 Å². The summed E-state index contributed by atoms with van der Waals surface area (Å²) >= 11 is 5.79. The Hall–Kier alpha value is -1.11. The van der Waals surface area contributed by atoms with Gasteiger partial charge in [0, 0.05) is 17.6 Å². The highest BCUT2D eigenvalue weighted by atomic mass is 35.5. The van der Waals surface area contributed by atoms with E-state index in [1.165, 1.54) is 16.4 Å². The molecule has 21 heavy (non-hydrogen) atoms. The van der Waals surface area contributed by atoms with Gasteiger partial charge in [-0.25, -0.2) is 8.42 Å². The molecule has 1 aromatic rings. The Morgan fingerprint density at radius 2 is 1.86 bits per heavy atom. The summed E-state index contributed by atoms with van der Waals surface area (Å²) in [4.78, 5) is 12.4. The first-order valence-electron chi connectivity index (χ1n) is 7.06. The topological polar surface area (TPSA) is 66.5 Å². The maximum atomic E-state index is 12.7. The number of nitrogens with one attached hydrogen (secondary N) is 1. The van der Waals surface area contributed by atoms with Crippen molar-refractivity contribution in [2.24, 2.45) is 0 Å². The van der Waals surface area contributed by atoms with Crippen LogP contribution in [0.2, 0.25) is 5.02 Å². The molecular formula is C14H17ClN2O3S. The van der Waals surface area contributed by atoms with Gasteiger partial charge in [0.2, 0.25) is 15.9 Å². The maximum absolute atomic E-state index is 12.7. The lowest BCUT2D eigenvalue weighted by atomic mass is 10.2. The SMILES string of the molecule is O=C(NC1CC1)[C@@H]1CCCN1S(=O)(=O)c1ccc(Cl)cc1. The van der Waals surface area contributed by atoms with Crippen molar-refractivity contribution >= 4 is 27.5 Å². The van der Waals surface area contributed by atoms with Crippen LogP contribution in [-0.4, -0.2) is 37.3 Å². The van der Waals surface area contributed by atoms with E-state index in [4.69, 9.17) is 11.6 Å². The fraction of sp³-hybridized carbons (Fsp3) is 0.500. The van der Waals surface area contributed by atoms with Gasteiger partial charge in [-0.3, -0.25) is 4.79 Å². The van der Waals surface area contributed by atoms with Gasteiger partial charge in [-0.05, 0) is 49.9 Å². The molecule has 1 amide bonds. The van der Waals surface area contributed by atoms with Crippen molar-refractivity contribution in [3.63, 3.8) is 0 Å². The van der Waals surface area contributed by atoms with Crippen LogP contribution in [-0.2, 0) is 14.8 Å². The van der Waals surface area contributed by atoms with Crippen molar-refractivity contribution in [3.8, 4) is 0 Å². The molecular weight excluding hydrogens is 312 g/mol. The summed E-state index contributed by atoms with van der Waals surface area (Å²) in [6.07, 6.45) is 3.26. The zero-order valence-corrected chi connectivity index (χ0v) is 13.0. The van der Waals surface area contributed by atoms with Gasteiger partial charge in [0.05, 0.1) is 4.90 Å². The van der Waals surface area contributed by atoms with Crippen molar-refractivity contribution in [1.82, 2.24) is 9.62 Å². The Balaban J connectivity index is 1.82. The number of hydrogen-bond acceptors (Lipinski definition) is 3. The molecule has 0 radical (unpaired) electrons. The van der Waals surface area contributed by atoms with Gasteiger partial charge >= 0.3 is 0 Å². The van der Waals surface area contributed by atoms with Gasteiger partial charge < -0.3 is 5.32 Å². The van der Waals surface area contributed by atoms with Crippen LogP contribution in [0.4, 0.5) is 0 Å². The number of carbonyl (C=O) groups is 1. The number of rotatable bonds is 4. The van der Waals surface area contributed by atoms with Crippen LogP contribution in [0.5, 0.6) is 0 Å². The van der Waals surface area contributed by atoms with Gasteiger partial charge in [0.25, 0.3) is 0 Å². The molecule has 114 valence electrons. The molecule has 1 aliphatic carbocycles. The lowest BCUT2D eigenvalue weighted by molar-refractivity contribution is -0.124. The first-order valence-corrected chi connectivity index (χ1v) is 8.88. The molecule has 2 aliphatic rings. The average molecular weight is 329 g/mol. The van der Waals surface area contributed by atoms with Gasteiger partial charge in [-0.1, -0.05) is 11.6 Å². The minimum absolute atomic E-state index is 0.174. The molecule has 1 aromatic carbocycles. The average Bonchev–Trinajstić information content (AvgIpc) is 3.11. The summed E-state index contributed by atoms with van der Waals surface area (Å²) in [5, 5.41) is 3.38. The minimum Gasteiger partial charge on any atom is -0.352 e. The molecule has 0 spiro atoms. The van der Waals surface area contributed by atoms with E-state index < -0.39 is 16.1 Å². The van der Waals surface area contributed by atoms with Crippen LogP contribution in [0.15, 0.2) is 29.2 Å². The van der Waals surface area contributed by atoms with Crippen LogP contribution in [0.3, 0.4) is 0 Å². The first-order chi connectivity index (χ1) is 9.98. The number of halogens is 1. The molecule has 1 saturated carbocycles. The normalized spacial score (nSPS) is 23.2. The third-order valence-electron chi connectivity index (χ3n) is 3.85. The Kier molecular flexibility index (Phi) is 3.94. The van der Waals surface area contributed by atoms with E-state index in [0.717, 1.165) is 12.8 Å². The number of nitrogens with zero attached hydrogens (tertiary/aromatic N) is 1. The summed E-state index contributed by atoms with van der Waals surface area (Å²) in [5.74, 6) is -0.174. The van der Waals surface area contributed by atoms with Gasteiger partial charge in [-0.2, -0.15) is 4.31 Å². The molecule has 0 aromatic heterocycles. The lowest BCUT2D eigenvalue weighted by Crippen LogP contribution is -2.46. The Labute approximate surface area is 129 Å². The van der Waals surface area contributed by atoms with Crippen molar-refractivity contribution in [3.05, 3.63) is 29.3 Å². The molecule has 1 heterocycles. The van der Waals surface area contributed by atoms with E-state index in [1.807, 2.05) is 0 Å². The molecule has 0 bridgehead atoms. The third-order valence-corrected chi connectivity index (χ3v) is 6.02. The van der Waals surface area contributed by atoms with Gasteiger partial charge in [0.1, 0.15) is 6.04 Å². The summed E-state index contributed by atoms with van der Waals surface area (Å²) < 4.78 is 26.6. The monoisotopic (exact) mass is 328 g/mol. The van der Waals surface area contributed by atoms with Crippen LogP contribution in [0, 0.1) is 0 Å². The van der Waals surface area contributed by atoms with Crippen molar-refractivity contribution < 1.29 is 13.2 Å². The van der Waals surface area contributed by atoms with Crippen molar-refractivity contribution in [2.45, 2.75) is 42.7 Å². The predicted molar refractivity (Wildman–Crippen MR) is 79.5 cm³/mol. The number of amides is 1. The highest BCUT2D eigenvalue weighted by Gasteiger charge is 2.40. The van der Waals surface area contributed by atoms with Gasteiger partial charge in [-0.15, -0.1) is 0 Å².